The Labute approximate surface area is 159 Å². The van der Waals surface area contributed by atoms with Crippen molar-refractivity contribution in [1.82, 2.24) is 10.3 Å². The zero-order valence-electron chi connectivity index (χ0n) is 15.2. The van der Waals surface area contributed by atoms with E-state index in [4.69, 9.17) is 0 Å². The Hall–Kier alpha value is -1.88. The first-order valence-corrected chi connectivity index (χ1v) is 10.7. The Morgan fingerprint density at radius 3 is 3.15 bits per heavy atom. The molecule has 0 unspecified atom stereocenters. The van der Waals surface area contributed by atoms with Gasteiger partial charge in [0.15, 0.2) is 0 Å². The molecule has 4 nitrogen and oxygen atoms in total. The average molecular weight is 370 g/mol. The lowest BCUT2D eigenvalue weighted by Crippen LogP contribution is -2.43. The predicted molar refractivity (Wildman–Crippen MR) is 109 cm³/mol. The number of amides is 1. The third-order valence-electron chi connectivity index (χ3n) is 5.58. The van der Waals surface area contributed by atoms with Crippen LogP contribution < -0.4 is 10.2 Å². The number of hydrogen-bond acceptors (Lipinski definition) is 4. The van der Waals surface area contributed by atoms with Gasteiger partial charge in [-0.15, -0.1) is 11.3 Å². The SMILES string of the molecule is O=C(NCCC1=CCCCC1)[C@@H]1CCCN(c2nccc3sccc23)C1. The van der Waals surface area contributed by atoms with Crippen LogP contribution in [-0.4, -0.2) is 30.5 Å². The van der Waals surface area contributed by atoms with E-state index in [1.54, 1.807) is 11.3 Å². The second kappa shape index (κ2) is 8.21. The normalized spacial score (nSPS) is 20.8. The van der Waals surface area contributed by atoms with Gasteiger partial charge < -0.3 is 10.2 Å². The lowest BCUT2D eigenvalue weighted by atomic mass is 9.96. The van der Waals surface area contributed by atoms with E-state index >= 15 is 0 Å². The molecule has 1 amide bonds. The van der Waals surface area contributed by atoms with Crippen LogP contribution in [0.4, 0.5) is 5.82 Å². The van der Waals surface area contributed by atoms with E-state index in [0.717, 1.165) is 44.7 Å². The van der Waals surface area contributed by atoms with Gasteiger partial charge in [-0.2, -0.15) is 0 Å². The maximum atomic E-state index is 12.7. The van der Waals surface area contributed by atoms with Crippen LogP contribution in [0.5, 0.6) is 0 Å². The zero-order valence-corrected chi connectivity index (χ0v) is 16.1. The Morgan fingerprint density at radius 2 is 2.27 bits per heavy atom. The lowest BCUT2D eigenvalue weighted by Gasteiger charge is -2.33. The highest BCUT2D eigenvalue weighted by molar-refractivity contribution is 7.17. The number of rotatable bonds is 5. The van der Waals surface area contributed by atoms with Crippen molar-refractivity contribution in [2.75, 3.05) is 24.5 Å². The number of thiophene rings is 1. The van der Waals surface area contributed by atoms with Gasteiger partial charge in [-0.1, -0.05) is 11.6 Å². The van der Waals surface area contributed by atoms with Gasteiger partial charge in [-0.25, -0.2) is 4.98 Å². The molecule has 4 rings (SSSR count). The summed E-state index contributed by atoms with van der Waals surface area (Å²) in [7, 11) is 0. The minimum atomic E-state index is 0.0692. The Bertz CT molecular complexity index is 797. The molecule has 0 aromatic carbocycles. The van der Waals surface area contributed by atoms with Crippen molar-refractivity contribution in [2.24, 2.45) is 5.92 Å². The van der Waals surface area contributed by atoms with E-state index in [0.29, 0.717) is 0 Å². The molecular formula is C21H27N3OS. The summed E-state index contributed by atoms with van der Waals surface area (Å²) in [6, 6.07) is 4.21. The molecule has 3 heterocycles. The second-order valence-electron chi connectivity index (χ2n) is 7.40. The third kappa shape index (κ3) is 3.93. The number of fused-ring (bicyclic) bond motifs is 1. The first-order chi connectivity index (χ1) is 12.8. The van der Waals surface area contributed by atoms with Crippen molar-refractivity contribution in [1.29, 1.82) is 0 Å². The van der Waals surface area contributed by atoms with Crippen LogP contribution in [0.25, 0.3) is 10.1 Å². The van der Waals surface area contributed by atoms with Gasteiger partial charge in [-0.3, -0.25) is 4.79 Å². The average Bonchev–Trinajstić information content (AvgIpc) is 3.18. The van der Waals surface area contributed by atoms with E-state index in [1.807, 2.05) is 6.20 Å². The van der Waals surface area contributed by atoms with Crippen molar-refractivity contribution >= 4 is 33.1 Å². The van der Waals surface area contributed by atoms with E-state index in [2.05, 4.69) is 38.8 Å². The molecule has 0 saturated carbocycles. The summed E-state index contributed by atoms with van der Waals surface area (Å²) in [5, 5.41) is 6.51. The fourth-order valence-electron chi connectivity index (χ4n) is 4.14. The van der Waals surface area contributed by atoms with Gasteiger partial charge in [0.25, 0.3) is 0 Å². The number of pyridine rings is 1. The highest BCUT2D eigenvalue weighted by Gasteiger charge is 2.27. The van der Waals surface area contributed by atoms with Crippen molar-refractivity contribution in [2.45, 2.75) is 44.9 Å². The highest BCUT2D eigenvalue weighted by Crippen LogP contribution is 2.31. The number of nitrogens with one attached hydrogen (secondary N) is 1. The molecule has 138 valence electrons. The number of piperidine rings is 1. The molecular weight excluding hydrogens is 342 g/mol. The summed E-state index contributed by atoms with van der Waals surface area (Å²) in [5.41, 5.74) is 1.52. The van der Waals surface area contributed by atoms with Crippen LogP contribution in [-0.2, 0) is 4.79 Å². The summed E-state index contributed by atoms with van der Waals surface area (Å²) in [6.45, 7) is 2.54. The van der Waals surface area contributed by atoms with Gasteiger partial charge in [0.05, 0.1) is 5.92 Å². The summed E-state index contributed by atoms with van der Waals surface area (Å²) in [4.78, 5) is 19.6. The Kier molecular flexibility index (Phi) is 5.54. The zero-order chi connectivity index (χ0) is 17.8. The van der Waals surface area contributed by atoms with Gasteiger partial charge in [0, 0.05) is 35.9 Å². The molecule has 1 aliphatic heterocycles. The Balaban J connectivity index is 1.35. The van der Waals surface area contributed by atoms with E-state index in [9.17, 15) is 4.79 Å². The molecule has 1 N–H and O–H groups in total. The third-order valence-corrected chi connectivity index (χ3v) is 6.46. The molecule has 0 bridgehead atoms. The number of allylic oxidation sites excluding steroid dienone is 1. The minimum Gasteiger partial charge on any atom is -0.355 e. The van der Waals surface area contributed by atoms with Crippen LogP contribution in [0, 0.1) is 5.92 Å². The number of nitrogens with zero attached hydrogens (tertiary/aromatic N) is 2. The van der Waals surface area contributed by atoms with Gasteiger partial charge in [0.2, 0.25) is 5.91 Å². The molecule has 2 aromatic heterocycles. The van der Waals surface area contributed by atoms with Crippen molar-refractivity contribution in [3.8, 4) is 0 Å². The number of anilines is 1. The smallest absolute Gasteiger partial charge is 0.224 e. The first-order valence-electron chi connectivity index (χ1n) is 9.84. The quantitative estimate of drug-likeness (QED) is 0.788. The fraction of sp³-hybridized carbons (Fsp3) is 0.524. The topological polar surface area (TPSA) is 45.2 Å². The molecule has 1 atom stereocenters. The molecule has 1 fully saturated rings. The standard InChI is InChI=1S/C21H27N3OS/c25-21(23-11-8-16-5-2-1-3-6-16)17-7-4-13-24(15-17)20-18-10-14-26-19(18)9-12-22-20/h5,9-10,12,14,17H,1-4,6-8,11,13,15H2,(H,23,25)/t17-/m1/s1. The summed E-state index contributed by atoms with van der Waals surface area (Å²) >= 11 is 1.75. The minimum absolute atomic E-state index is 0.0692. The molecule has 1 aliphatic carbocycles. The molecule has 2 aliphatic rings. The molecule has 1 saturated heterocycles. The van der Waals surface area contributed by atoms with Crippen LogP contribution >= 0.6 is 11.3 Å². The number of carbonyl (C=O) groups is 1. The van der Waals surface area contributed by atoms with Crippen LogP contribution in [0.3, 0.4) is 0 Å². The second-order valence-corrected chi connectivity index (χ2v) is 8.35. The van der Waals surface area contributed by atoms with Gasteiger partial charge in [-0.05, 0) is 62.5 Å². The van der Waals surface area contributed by atoms with Crippen LogP contribution in [0.1, 0.15) is 44.9 Å². The van der Waals surface area contributed by atoms with Crippen molar-refractivity contribution < 1.29 is 4.79 Å². The largest absolute Gasteiger partial charge is 0.355 e. The summed E-state index contributed by atoms with van der Waals surface area (Å²) < 4.78 is 1.27. The molecule has 5 heteroatoms. The molecule has 0 spiro atoms. The van der Waals surface area contributed by atoms with Gasteiger partial charge in [0.1, 0.15) is 5.82 Å². The fourth-order valence-corrected chi connectivity index (χ4v) is 4.91. The molecule has 2 aromatic rings. The number of aromatic nitrogens is 1. The Morgan fingerprint density at radius 1 is 1.31 bits per heavy atom. The molecule has 0 radical (unpaired) electrons. The van der Waals surface area contributed by atoms with Crippen molar-refractivity contribution in [3.63, 3.8) is 0 Å². The van der Waals surface area contributed by atoms with Gasteiger partial charge >= 0.3 is 0 Å². The monoisotopic (exact) mass is 369 g/mol. The number of hydrogen-bond donors (Lipinski definition) is 1. The predicted octanol–water partition coefficient (Wildman–Crippen LogP) is 4.52. The maximum Gasteiger partial charge on any atom is 0.224 e. The van der Waals surface area contributed by atoms with E-state index < -0.39 is 0 Å². The highest BCUT2D eigenvalue weighted by atomic mass is 32.1. The van der Waals surface area contributed by atoms with Crippen molar-refractivity contribution in [3.05, 3.63) is 35.4 Å². The summed E-state index contributed by atoms with van der Waals surface area (Å²) in [5.74, 6) is 1.32. The number of carbonyl (C=O) groups excluding carboxylic acids is 1. The first kappa shape index (κ1) is 17.5. The van der Waals surface area contributed by atoms with E-state index in [-0.39, 0.29) is 11.8 Å². The summed E-state index contributed by atoms with van der Waals surface area (Å²) in [6.07, 6.45) is 12.3. The van der Waals surface area contributed by atoms with E-state index in [1.165, 1.54) is 41.3 Å². The molecule has 26 heavy (non-hydrogen) atoms. The maximum absolute atomic E-state index is 12.7. The van der Waals surface area contributed by atoms with Crippen LogP contribution in [0.15, 0.2) is 35.4 Å². The van der Waals surface area contributed by atoms with Crippen LogP contribution in [0.2, 0.25) is 0 Å². The lowest BCUT2D eigenvalue weighted by molar-refractivity contribution is -0.125.